The summed E-state index contributed by atoms with van der Waals surface area (Å²) in [7, 11) is 5.76. The summed E-state index contributed by atoms with van der Waals surface area (Å²) in [5.41, 5.74) is 7.75. The minimum absolute atomic E-state index is 0.419. The summed E-state index contributed by atoms with van der Waals surface area (Å²) in [6.07, 6.45) is 15.6. The topological polar surface area (TPSA) is 68.2 Å². The van der Waals surface area contributed by atoms with Crippen molar-refractivity contribution in [2.24, 2.45) is 34.5 Å². The van der Waals surface area contributed by atoms with E-state index in [1.807, 2.05) is 32.9 Å². The Bertz CT molecular complexity index is 743. The number of rotatable bonds is 6. The molecule has 0 aromatic heterocycles. The van der Waals surface area contributed by atoms with Gasteiger partial charge in [0.15, 0.2) is 0 Å². The van der Waals surface area contributed by atoms with Gasteiger partial charge in [-0.05, 0) is 120 Å². The van der Waals surface area contributed by atoms with Crippen molar-refractivity contribution in [2.75, 3.05) is 34.2 Å². The van der Waals surface area contributed by atoms with E-state index in [1.165, 1.54) is 82.9 Å². The second kappa shape index (κ2) is 16.0. The normalized spacial score (nSPS) is 33.6. The number of nitrogens with zero attached hydrogens (tertiary/aromatic N) is 1. The van der Waals surface area contributed by atoms with Crippen molar-refractivity contribution in [3.63, 3.8) is 0 Å². The molecule has 3 N–H and O–H groups in total. The van der Waals surface area contributed by atoms with Crippen LogP contribution in [0.25, 0.3) is 0 Å². The number of hydrogen-bond acceptors (Lipinski definition) is 5. The Kier molecular flexibility index (Phi) is 14.5. The van der Waals surface area contributed by atoms with Crippen LogP contribution >= 0.6 is 0 Å². The van der Waals surface area contributed by atoms with E-state index in [0.717, 1.165) is 23.5 Å². The largest absolute Gasteiger partial charge is 0.317 e. The smallest absolute Gasteiger partial charge is 0.106 e. The molecule has 3 fully saturated rings. The van der Waals surface area contributed by atoms with Crippen molar-refractivity contribution in [3.05, 3.63) is 23.8 Å². The number of carbonyl (C=O) groups excluding carboxylic acids is 1. The molecule has 5 heteroatoms. The van der Waals surface area contributed by atoms with Crippen LogP contribution in [0.4, 0.5) is 0 Å². The molecule has 4 rings (SSSR count). The summed E-state index contributed by atoms with van der Waals surface area (Å²) in [5, 5.41) is 13.4. The van der Waals surface area contributed by atoms with Gasteiger partial charge in [0.05, 0.1) is 0 Å². The van der Waals surface area contributed by atoms with Crippen molar-refractivity contribution in [3.8, 4) is 0 Å². The van der Waals surface area contributed by atoms with E-state index in [2.05, 4.69) is 58.0 Å². The molecule has 0 radical (unpaired) electrons. The lowest BCUT2D eigenvalue weighted by atomic mass is 9.46. The summed E-state index contributed by atoms with van der Waals surface area (Å²) in [6, 6.07) is 0. The predicted molar refractivity (Wildman–Crippen MR) is 161 cm³/mol. The molecule has 0 spiro atoms. The molecule has 6 atom stereocenters. The first kappa shape index (κ1) is 33.7. The summed E-state index contributed by atoms with van der Waals surface area (Å²) < 4.78 is 0. The fourth-order valence-corrected chi connectivity index (χ4v) is 7.84. The minimum atomic E-state index is 0.419. The zero-order valence-electron chi connectivity index (χ0n) is 25.6. The first-order valence-electron chi connectivity index (χ1n) is 14.8. The second-order valence-corrected chi connectivity index (χ2v) is 12.4. The Hall–Kier alpha value is -1.30. The fourth-order valence-electron chi connectivity index (χ4n) is 7.84. The fraction of sp³-hybridized carbons (Fsp3) is 0.812. The Morgan fingerprint density at radius 1 is 1.03 bits per heavy atom. The average molecular weight is 517 g/mol. The molecule has 37 heavy (non-hydrogen) atoms. The van der Waals surface area contributed by atoms with Gasteiger partial charge in [-0.2, -0.15) is 0 Å². The number of allylic oxidation sites excluding steroid dienone is 3. The molecular formula is C32H60N4O. The van der Waals surface area contributed by atoms with Crippen LogP contribution in [0.3, 0.4) is 0 Å². The van der Waals surface area contributed by atoms with E-state index >= 15 is 0 Å². The van der Waals surface area contributed by atoms with E-state index in [1.54, 1.807) is 5.57 Å². The summed E-state index contributed by atoms with van der Waals surface area (Å²) >= 11 is 0. The number of hydrogen-bond donors (Lipinski definition) is 3. The molecule has 6 unspecified atom stereocenters. The summed E-state index contributed by atoms with van der Waals surface area (Å²) in [5.74, 6) is 3.23. The lowest BCUT2D eigenvalue weighted by Gasteiger charge is -2.58. The molecule has 0 aromatic carbocycles. The SMILES string of the molecule is C=C1C=C2CCC3C(CCC4(C)C(C(C)=N)CCC34)C2(C)CC1.C=O.CCCNCCC.CNN(C)C. The van der Waals surface area contributed by atoms with Crippen molar-refractivity contribution in [2.45, 2.75) is 98.8 Å². The Morgan fingerprint density at radius 2 is 1.62 bits per heavy atom. The molecule has 0 aliphatic heterocycles. The summed E-state index contributed by atoms with van der Waals surface area (Å²) in [6.45, 7) is 20.1. The molecular weight excluding hydrogens is 456 g/mol. The third-order valence-electron chi connectivity index (χ3n) is 9.90. The Balaban J connectivity index is 0.000000409. The number of fused-ring (bicyclic) bond motifs is 5. The maximum atomic E-state index is 8.26. The van der Waals surface area contributed by atoms with Crippen molar-refractivity contribution >= 4 is 12.5 Å². The van der Waals surface area contributed by atoms with E-state index in [4.69, 9.17) is 10.2 Å². The van der Waals surface area contributed by atoms with Crippen LogP contribution in [0.15, 0.2) is 23.8 Å². The summed E-state index contributed by atoms with van der Waals surface area (Å²) in [4.78, 5) is 8.00. The molecule has 3 saturated carbocycles. The van der Waals surface area contributed by atoms with Crippen LogP contribution in [0.5, 0.6) is 0 Å². The van der Waals surface area contributed by atoms with Gasteiger partial charge in [0.25, 0.3) is 0 Å². The highest BCUT2D eigenvalue weighted by atomic mass is 16.1. The average Bonchev–Trinajstić information content (AvgIpc) is 3.24. The molecule has 4 aliphatic carbocycles. The lowest BCUT2D eigenvalue weighted by molar-refractivity contribution is -0.0980. The highest BCUT2D eigenvalue weighted by Gasteiger charge is 2.58. The third-order valence-corrected chi connectivity index (χ3v) is 9.90. The lowest BCUT2D eigenvalue weighted by Crippen LogP contribution is -2.50. The van der Waals surface area contributed by atoms with Gasteiger partial charge < -0.3 is 15.5 Å². The monoisotopic (exact) mass is 516 g/mol. The highest BCUT2D eigenvalue weighted by Crippen LogP contribution is 2.66. The van der Waals surface area contributed by atoms with E-state index in [-0.39, 0.29) is 0 Å². The van der Waals surface area contributed by atoms with Gasteiger partial charge in [0, 0.05) is 25.7 Å². The van der Waals surface area contributed by atoms with Crippen molar-refractivity contribution in [1.29, 1.82) is 5.41 Å². The van der Waals surface area contributed by atoms with E-state index in [0.29, 0.717) is 16.7 Å². The van der Waals surface area contributed by atoms with Gasteiger partial charge >= 0.3 is 0 Å². The Labute approximate surface area is 229 Å². The number of carbonyl (C=O) groups is 1. The van der Waals surface area contributed by atoms with Gasteiger partial charge in [-0.25, -0.2) is 0 Å². The van der Waals surface area contributed by atoms with Crippen LogP contribution in [-0.2, 0) is 4.79 Å². The van der Waals surface area contributed by atoms with Crippen LogP contribution < -0.4 is 10.7 Å². The van der Waals surface area contributed by atoms with Crippen LogP contribution in [-0.4, -0.2) is 51.7 Å². The van der Waals surface area contributed by atoms with Gasteiger partial charge in [0.1, 0.15) is 6.79 Å². The van der Waals surface area contributed by atoms with Gasteiger partial charge in [-0.1, -0.05) is 51.5 Å². The van der Waals surface area contributed by atoms with Gasteiger partial charge in [-0.3, -0.25) is 10.4 Å². The maximum absolute atomic E-state index is 8.26. The van der Waals surface area contributed by atoms with Gasteiger partial charge in [-0.15, -0.1) is 0 Å². The molecule has 0 bridgehead atoms. The Morgan fingerprint density at radius 3 is 2.14 bits per heavy atom. The number of nitrogens with one attached hydrogen (secondary N) is 3. The van der Waals surface area contributed by atoms with Crippen LogP contribution in [0.1, 0.15) is 98.8 Å². The molecule has 5 nitrogen and oxygen atoms in total. The molecule has 214 valence electrons. The first-order chi connectivity index (χ1) is 17.5. The molecule has 0 amide bonds. The predicted octanol–water partition coefficient (Wildman–Crippen LogP) is 7.05. The van der Waals surface area contributed by atoms with Crippen molar-refractivity contribution in [1.82, 2.24) is 15.8 Å². The molecule has 0 aromatic rings. The molecule has 0 saturated heterocycles. The van der Waals surface area contributed by atoms with Crippen molar-refractivity contribution < 1.29 is 4.79 Å². The van der Waals surface area contributed by atoms with Gasteiger partial charge in [0.2, 0.25) is 0 Å². The zero-order valence-corrected chi connectivity index (χ0v) is 25.6. The minimum Gasteiger partial charge on any atom is -0.317 e. The van der Waals surface area contributed by atoms with Crippen LogP contribution in [0, 0.1) is 39.9 Å². The second-order valence-electron chi connectivity index (χ2n) is 12.4. The first-order valence-corrected chi connectivity index (χ1v) is 14.8. The zero-order chi connectivity index (χ0) is 28.2. The third kappa shape index (κ3) is 8.34. The highest BCUT2D eigenvalue weighted by molar-refractivity contribution is 5.82. The van der Waals surface area contributed by atoms with Crippen LogP contribution in [0.2, 0.25) is 0 Å². The molecule has 0 heterocycles. The molecule has 4 aliphatic rings. The quantitative estimate of drug-likeness (QED) is 0.201. The maximum Gasteiger partial charge on any atom is 0.106 e. The van der Waals surface area contributed by atoms with E-state index < -0.39 is 0 Å². The van der Waals surface area contributed by atoms with E-state index in [9.17, 15) is 0 Å². The number of hydrazine groups is 1. The standard InChI is InChI=1S/C22H33N.C6H15N.C3H10N2.CH2O/c1-14-9-11-21(3)16(13-14)5-6-17-19-8-7-18(15(2)23)22(19,4)12-10-20(17)21;1-3-5-7-6-4-2;1-4-5(2)3;1-2/h13,17-20,23H,1,5-12H2,2-4H3;7H,3-6H2,1-2H3;4H,1-3H3;1H2.